The first-order valence-electron chi connectivity index (χ1n) is 4.59. The van der Waals surface area contributed by atoms with Crippen LogP contribution in [0, 0.1) is 6.92 Å². The van der Waals surface area contributed by atoms with Crippen LogP contribution in [-0.2, 0) is 6.42 Å². The van der Waals surface area contributed by atoms with Gasteiger partial charge >= 0.3 is 0 Å². The van der Waals surface area contributed by atoms with Gasteiger partial charge in [0.2, 0.25) is 0 Å². The van der Waals surface area contributed by atoms with Crippen molar-refractivity contribution < 1.29 is 4.39 Å². The molecule has 2 heteroatoms. The van der Waals surface area contributed by atoms with E-state index in [1.807, 2.05) is 19.1 Å². The monoisotopic (exact) mass is 179 g/mol. The van der Waals surface area contributed by atoms with Crippen LogP contribution in [-0.4, -0.2) is 12.2 Å². The largest absolute Gasteiger partial charge is 0.382 e. The molecule has 1 N–H and O–H groups in total. The summed E-state index contributed by atoms with van der Waals surface area (Å²) in [5.41, 5.74) is 2.30. The lowest BCUT2D eigenvalue weighted by Gasteiger charge is -2.29. The maximum absolute atomic E-state index is 13.6. The van der Waals surface area contributed by atoms with Gasteiger partial charge in [-0.25, -0.2) is 4.39 Å². The minimum atomic E-state index is -1.09. The van der Waals surface area contributed by atoms with Gasteiger partial charge in [0.15, 0.2) is 0 Å². The number of hydrogen-bond acceptors (Lipinski definition) is 1. The van der Waals surface area contributed by atoms with Gasteiger partial charge in [-0.3, -0.25) is 0 Å². The Bertz CT molecular complexity index is 331. The molecular formula is C11H14FN. The highest BCUT2D eigenvalue weighted by molar-refractivity contribution is 5.56. The number of benzene rings is 1. The summed E-state index contributed by atoms with van der Waals surface area (Å²) < 4.78 is 13.6. The number of hydrogen-bond donors (Lipinski definition) is 1. The molecule has 0 saturated heterocycles. The van der Waals surface area contributed by atoms with Crippen LogP contribution in [0.5, 0.6) is 0 Å². The van der Waals surface area contributed by atoms with Gasteiger partial charge in [0.1, 0.15) is 5.67 Å². The number of rotatable bonds is 0. The molecule has 2 rings (SSSR count). The van der Waals surface area contributed by atoms with Crippen molar-refractivity contribution in [1.29, 1.82) is 0 Å². The quantitative estimate of drug-likeness (QED) is 0.645. The van der Waals surface area contributed by atoms with Gasteiger partial charge in [-0.2, -0.15) is 0 Å². The van der Waals surface area contributed by atoms with Crippen LogP contribution < -0.4 is 5.32 Å². The summed E-state index contributed by atoms with van der Waals surface area (Å²) >= 11 is 0. The maximum Gasteiger partial charge on any atom is 0.129 e. The lowest BCUT2D eigenvalue weighted by Crippen LogP contribution is -2.35. The molecule has 13 heavy (non-hydrogen) atoms. The molecule has 1 nitrogen and oxygen atoms in total. The third-order valence-electron chi connectivity index (χ3n) is 2.47. The molecule has 0 aliphatic carbocycles. The van der Waals surface area contributed by atoms with Crippen molar-refractivity contribution >= 4 is 5.69 Å². The van der Waals surface area contributed by atoms with Gasteiger partial charge in [0.25, 0.3) is 0 Å². The summed E-state index contributed by atoms with van der Waals surface area (Å²) in [6.45, 7) is 4.11. The SMILES string of the molecule is Cc1ccc2c(c1)NCC(C)(F)C2. The molecule has 70 valence electrons. The topological polar surface area (TPSA) is 12.0 Å². The van der Waals surface area contributed by atoms with E-state index in [0.717, 1.165) is 11.3 Å². The van der Waals surface area contributed by atoms with Crippen molar-refractivity contribution in [2.24, 2.45) is 0 Å². The Morgan fingerprint density at radius 2 is 2.23 bits per heavy atom. The number of halogens is 1. The standard InChI is InChI=1S/C11H14FN/c1-8-3-4-9-6-11(2,12)7-13-10(9)5-8/h3-5,13H,6-7H2,1-2H3. The van der Waals surface area contributed by atoms with E-state index in [1.54, 1.807) is 6.92 Å². The van der Waals surface area contributed by atoms with Crippen LogP contribution in [0.25, 0.3) is 0 Å². The smallest absolute Gasteiger partial charge is 0.129 e. The third kappa shape index (κ3) is 1.67. The molecule has 1 aliphatic rings. The Labute approximate surface area is 78.0 Å². The van der Waals surface area contributed by atoms with Crippen LogP contribution in [0.1, 0.15) is 18.1 Å². The van der Waals surface area contributed by atoms with Crippen LogP contribution in [0.4, 0.5) is 10.1 Å². The highest BCUT2D eigenvalue weighted by Crippen LogP contribution is 2.29. The van der Waals surface area contributed by atoms with Crippen molar-refractivity contribution in [2.75, 3.05) is 11.9 Å². The molecule has 0 amide bonds. The minimum absolute atomic E-state index is 0.420. The van der Waals surface area contributed by atoms with E-state index in [2.05, 4.69) is 11.4 Å². The Morgan fingerprint density at radius 1 is 1.46 bits per heavy atom. The summed E-state index contributed by atoms with van der Waals surface area (Å²) in [5, 5.41) is 3.12. The van der Waals surface area contributed by atoms with Gasteiger partial charge < -0.3 is 5.32 Å². The van der Waals surface area contributed by atoms with Crippen molar-refractivity contribution in [3.8, 4) is 0 Å². The Morgan fingerprint density at radius 3 is 3.00 bits per heavy atom. The van der Waals surface area contributed by atoms with Crippen molar-refractivity contribution in [3.05, 3.63) is 29.3 Å². The molecule has 1 aromatic rings. The average molecular weight is 179 g/mol. The lowest BCUT2D eigenvalue weighted by molar-refractivity contribution is 0.202. The third-order valence-corrected chi connectivity index (χ3v) is 2.47. The number of fused-ring (bicyclic) bond motifs is 1. The highest BCUT2D eigenvalue weighted by Gasteiger charge is 2.28. The zero-order valence-electron chi connectivity index (χ0n) is 8.02. The van der Waals surface area contributed by atoms with Gasteiger partial charge in [0, 0.05) is 18.7 Å². The number of nitrogens with one attached hydrogen (secondary N) is 1. The summed E-state index contributed by atoms with van der Waals surface area (Å²) in [5.74, 6) is 0. The normalized spacial score (nSPS) is 26.4. The highest BCUT2D eigenvalue weighted by atomic mass is 19.1. The number of aryl methyl sites for hydroxylation is 1. The van der Waals surface area contributed by atoms with Gasteiger partial charge in [-0.15, -0.1) is 0 Å². The van der Waals surface area contributed by atoms with E-state index in [4.69, 9.17) is 0 Å². The maximum atomic E-state index is 13.6. The van der Waals surface area contributed by atoms with Crippen LogP contribution >= 0.6 is 0 Å². The second kappa shape index (κ2) is 2.72. The fourth-order valence-electron chi connectivity index (χ4n) is 1.75. The zero-order valence-corrected chi connectivity index (χ0v) is 8.02. The van der Waals surface area contributed by atoms with Crippen LogP contribution in [0.2, 0.25) is 0 Å². The number of anilines is 1. The minimum Gasteiger partial charge on any atom is -0.382 e. The van der Waals surface area contributed by atoms with Gasteiger partial charge in [0.05, 0.1) is 0 Å². The fraction of sp³-hybridized carbons (Fsp3) is 0.455. The van der Waals surface area contributed by atoms with E-state index >= 15 is 0 Å². The molecule has 1 heterocycles. The fourth-order valence-corrected chi connectivity index (χ4v) is 1.75. The first kappa shape index (κ1) is 8.54. The molecule has 1 unspecified atom stereocenters. The first-order valence-corrected chi connectivity index (χ1v) is 4.59. The summed E-state index contributed by atoms with van der Waals surface area (Å²) in [6, 6.07) is 6.11. The van der Waals surface area contributed by atoms with Crippen LogP contribution in [0.15, 0.2) is 18.2 Å². The lowest BCUT2D eigenvalue weighted by atomic mass is 9.92. The van der Waals surface area contributed by atoms with E-state index in [9.17, 15) is 4.39 Å². The molecular weight excluding hydrogens is 165 g/mol. The summed E-state index contributed by atoms with van der Waals surface area (Å²) in [6.07, 6.45) is 0.523. The van der Waals surface area contributed by atoms with E-state index < -0.39 is 5.67 Å². The summed E-state index contributed by atoms with van der Waals surface area (Å²) in [4.78, 5) is 0. The molecule has 0 radical (unpaired) electrons. The summed E-state index contributed by atoms with van der Waals surface area (Å²) in [7, 11) is 0. The Hall–Kier alpha value is -1.05. The molecule has 0 saturated carbocycles. The van der Waals surface area contributed by atoms with Crippen molar-refractivity contribution in [3.63, 3.8) is 0 Å². The van der Waals surface area contributed by atoms with E-state index in [-0.39, 0.29) is 0 Å². The van der Waals surface area contributed by atoms with Crippen LogP contribution in [0.3, 0.4) is 0 Å². The molecule has 1 aromatic carbocycles. The molecule has 0 spiro atoms. The molecule has 0 aromatic heterocycles. The predicted molar refractivity (Wildman–Crippen MR) is 52.9 cm³/mol. The molecule has 0 bridgehead atoms. The molecule has 1 atom stereocenters. The second-order valence-corrected chi connectivity index (χ2v) is 4.10. The van der Waals surface area contributed by atoms with Crippen molar-refractivity contribution in [2.45, 2.75) is 25.9 Å². The van der Waals surface area contributed by atoms with E-state index in [1.165, 1.54) is 5.56 Å². The molecule has 0 fully saturated rings. The number of alkyl halides is 1. The Balaban J connectivity index is 2.37. The average Bonchev–Trinajstić information content (AvgIpc) is 2.05. The van der Waals surface area contributed by atoms with Crippen molar-refractivity contribution in [1.82, 2.24) is 0 Å². The zero-order chi connectivity index (χ0) is 9.47. The first-order chi connectivity index (χ1) is 6.07. The Kier molecular flexibility index (Phi) is 1.79. The van der Waals surface area contributed by atoms with Gasteiger partial charge in [-0.05, 0) is 31.0 Å². The predicted octanol–water partition coefficient (Wildman–Crippen LogP) is 2.69. The van der Waals surface area contributed by atoms with E-state index in [0.29, 0.717) is 13.0 Å². The van der Waals surface area contributed by atoms with Gasteiger partial charge in [-0.1, -0.05) is 12.1 Å². The second-order valence-electron chi connectivity index (χ2n) is 4.10. The molecule has 1 aliphatic heterocycles.